The Bertz CT molecular complexity index is 712. The summed E-state index contributed by atoms with van der Waals surface area (Å²) in [6, 6.07) is 8.53. The highest BCUT2D eigenvalue weighted by atomic mass is 35.5. The minimum absolute atomic E-state index is 0.172. The topological polar surface area (TPSA) is 89.7 Å². The van der Waals surface area contributed by atoms with E-state index >= 15 is 0 Å². The van der Waals surface area contributed by atoms with E-state index in [0.29, 0.717) is 28.5 Å². The van der Waals surface area contributed by atoms with Crippen LogP contribution in [0.2, 0.25) is 5.02 Å². The number of halogens is 1. The normalized spacial score (nSPS) is 10.3. The third-order valence-corrected chi connectivity index (χ3v) is 3.25. The average Bonchev–Trinajstić information content (AvgIpc) is 2.47. The molecule has 0 aliphatic rings. The second-order valence-electron chi connectivity index (χ2n) is 4.41. The van der Waals surface area contributed by atoms with Gasteiger partial charge in [-0.3, -0.25) is 10.1 Å². The Morgan fingerprint density at radius 1 is 1.32 bits per heavy atom. The first-order chi connectivity index (χ1) is 10.4. The number of non-ortho nitro benzene ring substituents is 1. The molecule has 2 aromatic rings. The summed E-state index contributed by atoms with van der Waals surface area (Å²) in [4.78, 5) is 21.4. The Morgan fingerprint density at radius 2 is 2.05 bits per heavy atom. The first-order valence-electron chi connectivity index (χ1n) is 6.38. The smallest absolute Gasteiger partial charge is 0.335 e. The van der Waals surface area contributed by atoms with E-state index in [-0.39, 0.29) is 11.3 Å². The Morgan fingerprint density at radius 3 is 2.59 bits per heavy atom. The molecule has 0 aromatic heterocycles. The van der Waals surface area contributed by atoms with E-state index in [2.05, 4.69) is 0 Å². The molecule has 2 rings (SSSR count). The lowest BCUT2D eigenvalue weighted by molar-refractivity contribution is -0.384. The number of aromatic carboxylic acids is 1. The van der Waals surface area contributed by atoms with Crippen LogP contribution in [0.1, 0.15) is 17.3 Å². The van der Waals surface area contributed by atoms with E-state index in [1.165, 1.54) is 12.1 Å². The lowest BCUT2D eigenvalue weighted by Gasteiger charge is -2.09. The third-order valence-electron chi connectivity index (χ3n) is 2.94. The zero-order valence-corrected chi connectivity index (χ0v) is 12.3. The lowest BCUT2D eigenvalue weighted by atomic mass is 10.0. The van der Waals surface area contributed by atoms with Gasteiger partial charge in [0.1, 0.15) is 5.75 Å². The summed E-state index contributed by atoms with van der Waals surface area (Å²) < 4.78 is 5.31. The van der Waals surface area contributed by atoms with Gasteiger partial charge in [0.2, 0.25) is 0 Å². The zero-order valence-electron chi connectivity index (χ0n) is 11.6. The number of carboxylic acid groups (broad SMARTS) is 1. The first-order valence-corrected chi connectivity index (χ1v) is 6.75. The van der Waals surface area contributed by atoms with Crippen LogP contribution in [0.15, 0.2) is 36.4 Å². The number of hydrogen-bond acceptors (Lipinski definition) is 4. The monoisotopic (exact) mass is 321 g/mol. The molecule has 0 saturated carbocycles. The van der Waals surface area contributed by atoms with Crippen LogP contribution in [0.5, 0.6) is 5.75 Å². The molecule has 0 amide bonds. The van der Waals surface area contributed by atoms with Gasteiger partial charge < -0.3 is 9.84 Å². The lowest BCUT2D eigenvalue weighted by Crippen LogP contribution is -1.99. The minimum Gasteiger partial charge on any atom is -0.494 e. The third kappa shape index (κ3) is 3.35. The quantitative estimate of drug-likeness (QED) is 0.663. The summed E-state index contributed by atoms with van der Waals surface area (Å²) in [5, 5.41) is 20.3. The Hall–Kier alpha value is -2.60. The summed E-state index contributed by atoms with van der Waals surface area (Å²) in [6.07, 6.45) is 0. The standard InChI is InChI=1S/C15H12ClNO5/c1-2-22-12-3-4-13(14(16)8-12)9-5-10(15(18)19)7-11(6-9)17(20)21/h3-8H,2H2,1H3,(H,18,19). The van der Waals surface area contributed by atoms with Gasteiger partial charge in [0.15, 0.2) is 0 Å². The highest BCUT2D eigenvalue weighted by molar-refractivity contribution is 6.33. The summed E-state index contributed by atoms with van der Waals surface area (Å²) in [5.74, 6) is -0.674. The van der Waals surface area contributed by atoms with E-state index < -0.39 is 10.9 Å². The molecule has 22 heavy (non-hydrogen) atoms. The molecule has 0 unspecified atom stereocenters. The molecule has 114 valence electrons. The molecule has 0 heterocycles. The fraction of sp³-hybridized carbons (Fsp3) is 0.133. The van der Waals surface area contributed by atoms with Crippen LogP contribution < -0.4 is 4.74 Å². The highest BCUT2D eigenvalue weighted by Gasteiger charge is 2.16. The van der Waals surface area contributed by atoms with Gasteiger partial charge in [0.05, 0.1) is 22.1 Å². The molecule has 0 bridgehead atoms. The highest BCUT2D eigenvalue weighted by Crippen LogP contribution is 2.33. The molecule has 0 spiro atoms. The molecule has 0 aliphatic carbocycles. The van der Waals surface area contributed by atoms with Crippen LogP contribution >= 0.6 is 11.6 Å². The summed E-state index contributed by atoms with van der Waals surface area (Å²) in [6.45, 7) is 2.32. The average molecular weight is 322 g/mol. The van der Waals surface area contributed by atoms with E-state index in [1.807, 2.05) is 6.92 Å². The van der Waals surface area contributed by atoms with Crippen LogP contribution in [0.25, 0.3) is 11.1 Å². The minimum atomic E-state index is -1.24. The maximum atomic E-state index is 11.1. The molecular formula is C15H12ClNO5. The second kappa shape index (κ2) is 6.44. The fourth-order valence-corrected chi connectivity index (χ4v) is 2.26. The van der Waals surface area contributed by atoms with Gasteiger partial charge in [-0.2, -0.15) is 0 Å². The molecule has 0 atom stereocenters. The molecule has 6 nitrogen and oxygen atoms in total. The molecule has 0 fully saturated rings. The molecule has 1 N–H and O–H groups in total. The first kappa shape index (κ1) is 15.8. The van der Waals surface area contributed by atoms with Crippen molar-refractivity contribution in [2.24, 2.45) is 0 Å². The van der Waals surface area contributed by atoms with Gasteiger partial charge in [-0.1, -0.05) is 11.6 Å². The molecule has 2 aromatic carbocycles. The van der Waals surface area contributed by atoms with Gasteiger partial charge in [0.25, 0.3) is 5.69 Å². The molecule has 0 saturated heterocycles. The number of carbonyl (C=O) groups is 1. The summed E-state index contributed by atoms with van der Waals surface area (Å²) in [7, 11) is 0. The number of ether oxygens (including phenoxy) is 1. The largest absolute Gasteiger partial charge is 0.494 e. The fourth-order valence-electron chi connectivity index (χ4n) is 1.98. The Balaban J connectivity index is 2.56. The van der Waals surface area contributed by atoms with E-state index in [9.17, 15) is 14.9 Å². The van der Waals surface area contributed by atoms with E-state index in [4.69, 9.17) is 21.4 Å². The van der Waals surface area contributed by atoms with Gasteiger partial charge in [-0.15, -0.1) is 0 Å². The van der Waals surface area contributed by atoms with Gasteiger partial charge in [-0.05, 0) is 36.8 Å². The van der Waals surface area contributed by atoms with Crippen LogP contribution in [-0.2, 0) is 0 Å². The number of nitrogens with zero attached hydrogens (tertiary/aromatic N) is 1. The van der Waals surface area contributed by atoms with Crippen molar-refractivity contribution in [1.82, 2.24) is 0 Å². The number of benzene rings is 2. The van der Waals surface area contributed by atoms with Crippen molar-refractivity contribution in [2.75, 3.05) is 6.61 Å². The van der Waals surface area contributed by atoms with Crippen molar-refractivity contribution in [3.63, 3.8) is 0 Å². The second-order valence-corrected chi connectivity index (χ2v) is 4.81. The van der Waals surface area contributed by atoms with Crippen molar-refractivity contribution in [3.8, 4) is 16.9 Å². The van der Waals surface area contributed by atoms with Crippen LogP contribution in [0, 0.1) is 10.1 Å². The van der Waals surface area contributed by atoms with Crippen LogP contribution in [0.4, 0.5) is 5.69 Å². The molecule has 7 heteroatoms. The van der Waals surface area contributed by atoms with Crippen LogP contribution in [0.3, 0.4) is 0 Å². The van der Waals surface area contributed by atoms with Crippen LogP contribution in [-0.4, -0.2) is 22.6 Å². The maximum Gasteiger partial charge on any atom is 0.335 e. The number of carboxylic acids is 1. The Labute approximate surface area is 131 Å². The van der Waals surface area contributed by atoms with Gasteiger partial charge in [0, 0.05) is 17.7 Å². The SMILES string of the molecule is CCOc1ccc(-c2cc(C(=O)O)cc([N+](=O)[O-])c2)c(Cl)c1. The number of nitro benzene ring substituents is 1. The van der Waals surface area contributed by atoms with Gasteiger partial charge in [-0.25, -0.2) is 4.79 Å². The Kier molecular flexibility index (Phi) is 4.62. The summed E-state index contributed by atoms with van der Waals surface area (Å²) >= 11 is 6.17. The van der Waals surface area contributed by atoms with Crippen molar-refractivity contribution >= 4 is 23.3 Å². The molecule has 0 radical (unpaired) electrons. The molecule has 0 aliphatic heterocycles. The van der Waals surface area contributed by atoms with E-state index in [1.54, 1.807) is 18.2 Å². The summed E-state index contributed by atoms with van der Waals surface area (Å²) in [5.41, 5.74) is 0.380. The van der Waals surface area contributed by atoms with Gasteiger partial charge >= 0.3 is 5.97 Å². The number of rotatable bonds is 5. The zero-order chi connectivity index (χ0) is 16.3. The maximum absolute atomic E-state index is 11.1. The number of hydrogen-bond donors (Lipinski definition) is 1. The van der Waals surface area contributed by atoms with Crippen molar-refractivity contribution in [1.29, 1.82) is 0 Å². The van der Waals surface area contributed by atoms with Crippen molar-refractivity contribution in [2.45, 2.75) is 6.92 Å². The number of nitro groups is 1. The molecular weight excluding hydrogens is 310 g/mol. The van der Waals surface area contributed by atoms with Crippen molar-refractivity contribution in [3.05, 3.63) is 57.1 Å². The predicted molar refractivity (Wildman–Crippen MR) is 81.7 cm³/mol. The van der Waals surface area contributed by atoms with Crippen molar-refractivity contribution < 1.29 is 19.6 Å². The van der Waals surface area contributed by atoms with E-state index in [0.717, 1.165) is 6.07 Å². The predicted octanol–water partition coefficient (Wildman–Crippen LogP) is 4.01.